The predicted octanol–water partition coefficient (Wildman–Crippen LogP) is 2.74. The molecule has 0 amide bonds. The Hall–Kier alpha value is -3.33. The monoisotopic (exact) mass is 352 g/mol. The molecule has 0 fully saturated rings. The second-order valence-electron chi connectivity index (χ2n) is 5.72. The molecule has 0 bridgehead atoms. The molecule has 1 N–H and O–H groups in total. The summed E-state index contributed by atoms with van der Waals surface area (Å²) in [6.45, 7) is 6.68. The average Bonchev–Trinajstić information content (AvgIpc) is 2.64. The van der Waals surface area contributed by atoms with Gasteiger partial charge in [-0.2, -0.15) is 5.26 Å². The minimum absolute atomic E-state index is 0.0146. The lowest BCUT2D eigenvalue weighted by atomic mass is 10.0. The quantitative estimate of drug-likeness (QED) is 0.611. The molecule has 0 radical (unpaired) electrons. The van der Waals surface area contributed by atoms with Gasteiger partial charge in [0.2, 0.25) is 11.7 Å². The van der Waals surface area contributed by atoms with E-state index in [4.69, 9.17) is 4.74 Å². The third-order valence-electron chi connectivity index (χ3n) is 4.09. The summed E-state index contributed by atoms with van der Waals surface area (Å²) in [6.07, 6.45) is 2.30. The van der Waals surface area contributed by atoms with Crippen LogP contribution in [0.15, 0.2) is 41.7 Å². The van der Waals surface area contributed by atoms with E-state index >= 15 is 0 Å². The average molecular weight is 352 g/mol. The summed E-state index contributed by atoms with van der Waals surface area (Å²) in [4.78, 5) is 24.8. The second-order valence-corrected chi connectivity index (χ2v) is 5.72. The van der Waals surface area contributed by atoms with Gasteiger partial charge in [-0.3, -0.25) is 14.2 Å². The summed E-state index contributed by atoms with van der Waals surface area (Å²) in [6, 6.07) is 9.13. The molecule has 1 aromatic heterocycles. The Kier molecular flexibility index (Phi) is 5.97. The van der Waals surface area contributed by atoms with Crippen molar-refractivity contribution in [1.29, 1.82) is 5.26 Å². The van der Waals surface area contributed by atoms with Crippen LogP contribution in [-0.4, -0.2) is 22.1 Å². The Morgan fingerprint density at radius 3 is 2.58 bits per heavy atom. The molecule has 2 aromatic rings. The van der Waals surface area contributed by atoms with Crippen LogP contribution in [0.5, 0.6) is 11.6 Å². The number of ether oxygens (including phenoxy) is 1. The molecule has 0 saturated heterocycles. The van der Waals surface area contributed by atoms with Gasteiger partial charge in [0.25, 0.3) is 5.56 Å². The molecule has 0 atom stereocenters. The number of nitriles is 1. The van der Waals surface area contributed by atoms with E-state index in [1.807, 2.05) is 19.1 Å². The van der Waals surface area contributed by atoms with Crippen molar-refractivity contribution in [2.45, 2.75) is 26.8 Å². The van der Waals surface area contributed by atoms with Crippen molar-refractivity contribution in [3.8, 4) is 17.7 Å². The number of benzene rings is 1. The van der Waals surface area contributed by atoms with Crippen LogP contribution < -0.4 is 10.3 Å². The molecule has 1 heterocycles. The number of aromatic hydroxyl groups is 1. The number of Topliss-reactive ketones (excluding diaryl/α,β-unsaturated/α-hetero) is 1. The molecular formula is C20H20N2O4. The zero-order valence-corrected chi connectivity index (χ0v) is 14.8. The van der Waals surface area contributed by atoms with Crippen LogP contribution in [0.25, 0.3) is 0 Å². The van der Waals surface area contributed by atoms with Crippen LogP contribution >= 0.6 is 0 Å². The van der Waals surface area contributed by atoms with E-state index in [0.29, 0.717) is 5.75 Å². The summed E-state index contributed by atoms with van der Waals surface area (Å²) < 4.78 is 6.43. The minimum Gasteiger partial charge on any atom is -0.494 e. The topological polar surface area (TPSA) is 92.3 Å². The summed E-state index contributed by atoms with van der Waals surface area (Å²) >= 11 is 0. The Labute approximate surface area is 151 Å². The normalized spacial score (nSPS) is 10.2. The van der Waals surface area contributed by atoms with Gasteiger partial charge in [0, 0.05) is 6.54 Å². The Bertz CT molecular complexity index is 934. The van der Waals surface area contributed by atoms with E-state index in [2.05, 4.69) is 6.58 Å². The van der Waals surface area contributed by atoms with Gasteiger partial charge in [-0.15, -0.1) is 6.58 Å². The van der Waals surface area contributed by atoms with Gasteiger partial charge in [-0.05, 0) is 36.6 Å². The fraction of sp³-hybridized carbons (Fsp3) is 0.250. The van der Waals surface area contributed by atoms with Gasteiger partial charge < -0.3 is 9.84 Å². The highest BCUT2D eigenvalue weighted by atomic mass is 16.5. The molecule has 1 aromatic carbocycles. The van der Waals surface area contributed by atoms with Crippen LogP contribution in [-0.2, 0) is 13.0 Å². The molecule has 6 nitrogen and oxygen atoms in total. The van der Waals surface area contributed by atoms with Gasteiger partial charge in [-0.1, -0.05) is 25.1 Å². The molecule has 0 unspecified atom stereocenters. The molecule has 0 aliphatic heterocycles. The molecule has 134 valence electrons. The zero-order chi connectivity index (χ0) is 19.3. The number of aryl methyl sites for hydroxylation is 1. The molecule has 2 rings (SSSR count). The summed E-state index contributed by atoms with van der Waals surface area (Å²) in [5.74, 6) is -0.483. The predicted molar refractivity (Wildman–Crippen MR) is 97.7 cm³/mol. The van der Waals surface area contributed by atoms with E-state index in [1.165, 1.54) is 13.0 Å². The maximum absolute atomic E-state index is 12.6. The number of rotatable bonds is 7. The zero-order valence-electron chi connectivity index (χ0n) is 14.8. The lowest BCUT2D eigenvalue weighted by Gasteiger charge is -2.14. The first-order valence-corrected chi connectivity index (χ1v) is 8.16. The first-order chi connectivity index (χ1) is 12.4. The number of nitrogens with zero attached hydrogens (tertiary/aromatic N) is 2. The van der Waals surface area contributed by atoms with E-state index in [9.17, 15) is 20.0 Å². The minimum atomic E-state index is -0.657. The van der Waals surface area contributed by atoms with Crippen molar-refractivity contribution < 1.29 is 14.6 Å². The maximum atomic E-state index is 12.6. The van der Waals surface area contributed by atoms with Crippen LogP contribution in [0.2, 0.25) is 0 Å². The number of ketones is 1. The summed E-state index contributed by atoms with van der Waals surface area (Å²) in [5, 5.41) is 19.6. The van der Waals surface area contributed by atoms with Crippen molar-refractivity contribution in [2.24, 2.45) is 0 Å². The van der Waals surface area contributed by atoms with Gasteiger partial charge in [0.05, 0.1) is 5.56 Å². The van der Waals surface area contributed by atoms with Gasteiger partial charge in [-0.25, -0.2) is 0 Å². The molecule has 0 saturated carbocycles. The highest BCUT2D eigenvalue weighted by Crippen LogP contribution is 2.23. The molecule has 26 heavy (non-hydrogen) atoms. The van der Waals surface area contributed by atoms with Gasteiger partial charge in [0.15, 0.2) is 6.61 Å². The van der Waals surface area contributed by atoms with Crippen LogP contribution in [0, 0.1) is 18.3 Å². The van der Waals surface area contributed by atoms with Gasteiger partial charge in [0.1, 0.15) is 17.4 Å². The number of allylic oxidation sites excluding steroid dienone is 1. The smallest absolute Gasteiger partial charge is 0.271 e. The first kappa shape index (κ1) is 19.0. The fourth-order valence-corrected chi connectivity index (χ4v) is 2.63. The van der Waals surface area contributed by atoms with E-state index in [-0.39, 0.29) is 29.8 Å². The third kappa shape index (κ3) is 3.67. The van der Waals surface area contributed by atoms with Crippen LogP contribution in [0.4, 0.5) is 0 Å². The molecule has 0 spiro atoms. The van der Waals surface area contributed by atoms with Crippen LogP contribution in [0.1, 0.15) is 34.0 Å². The summed E-state index contributed by atoms with van der Waals surface area (Å²) in [7, 11) is 0. The fourth-order valence-electron chi connectivity index (χ4n) is 2.63. The first-order valence-electron chi connectivity index (χ1n) is 8.16. The lowest BCUT2D eigenvalue weighted by molar-refractivity contribution is 0.0916. The number of hydrogen-bond acceptors (Lipinski definition) is 5. The highest BCUT2D eigenvalue weighted by Gasteiger charge is 2.23. The Balaban J connectivity index is 2.35. The number of carbonyl (C=O) groups is 1. The van der Waals surface area contributed by atoms with E-state index < -0.39 is 17.2 Å². The highest BCUT2D eigenvalue weighted by molar-refractivity contribution is 6.01. The van der Waals surface area contributed by atoms with Crippen molar-refractivity contribution in [3.63, 3.8) is 0 Å². The van der Waals surface area contributed by atoms with Gasteiger partial charge >= 0.3 is 0 Å². The maximum Gasteiger partial charge on any atom is 0.271 e. The van der Waals surface area contributed by atoms with E-state index in [0.717, 1.165) is 16.6 Å². The molecular weight excluding hydrogens is 332 g/mol. The number of pyridine rings is 1. The number of hydrogen-bond donors (Lipinski definition) is 1. The van der Waals surface area contributed by atoms with Crippen molar-refractivity contribution in [1.82, 2.24) is 4.57 Å². The standard InChI is InChI=1S/C20H20N2O4/c1-4-10-22-19(24)16(11-21)13(3)18(20(22)25)17(23)12-26-15-8-6-14(5-2)7-9-15/h4,6-9,25H,1,5,10,12H2,2-3H3. The van der Waals surface area contributed by atoms with E-state index in [1.54, 1.807) is 18.2 Å². The number of aromatic nitrogens is 1. The SMILES string of the molecule is C=CCn1c(O)c(C(=O)COc2ccc(CC)cc2)c(C)c(C#N)c1=O. The third-order valence-corrected chi connectivity index (χ3v) is 4.09. The van der Waals surface area contributed by atoms with Crippen molar-refractivity contribution in [3.05, 3.63) is 69.5 Å². The Morgan fingerprint density at radius 2 is 2.04 bits per heavy atom. The van der Waals surface area contributed by atoms with Crippen molar-refractivity contribution in [2.75, 3.05) is 6.61 Å². The number of carbonyl (C=O) groups excluding carboxylic acids is 1. The Morgan fingerprint density at radius 1 is 1.38 bits per heavy atom. The molecule has 0 aliphatic rings. The largest absolute Gasteiger partial charge is 0.494 e. The second kappa shape index (κ2) is 8.17. The van der Waals surface area contributed by atoms with Crippen molar-refractivity contribution >= 4 is 5.78 Å². The summed E-state index contributed by atoms with van der Waals surface area (Å²) in [5.41, 5.74) is 0.362. The molecule has 6 heteroatoms. The molecule has 0 aliphatic carbocycles. The van der Waals surface area contributed by atoms with Crippen LogP contribution in [0.3, 0.4) is 0 Å². The lowest BCUT2D eigenvalue weighted by Crippen LogP contribution is -2.27.